The lowest BCUT2D eigenvalue weighted by Crippen LogP contribution is -2.30. The van der Waals surface area contributed by atoms with Gasteiger partial charge in [-0.15, -0.1) is 0 Å². The van der Waals surface area contributed by atoms with Crippen molar-refractivity contribution in [2.24, 2.45) is 5.92 Å². The molecule has 5 nitrogen and oxygen atoms in total. The number of aliphatic hydroxyl groups is 1. The minimum atomic E-state index is -0.486. The highest BCUT2D eigenvalue weighted by molar-refractivity contribution is 6.05. The maximum atomic E-state index is 13.2. The maximum absolute atomic E-state index is 13.2. The van der Waals surface area contributed by atoms with Crippen LogP contribution in [0.1, 0.15) is 17.3 Å². The van der Waals surface area contributed by atoms with Gasteiger partial charge in [0, 0.05) is 24.6 Å². The molecule has 1 unspecified atom stereocenters. The van der Waals surface area contributed by atoms with Crippen LogP contribution in [0.2, 0.25) is 0 Å². The molecule has 0 aliphatic heterocycles. The second-order valence-electron chi connectivity index (χ2n) is 4.73. The van der Waals surface area contributed by atoms with Gasteiger partial charge in [-0.05, 0) is 24.1 Å². The van der Waals surface area contributed by atoms with E-state index in [0.717, 1.165) is 0 Å². The molecule has 0 bridgehead atoms. The Bertz CT molecular complexity index is 696. The van der Waals surface area contributed by atoms with Crippen molar-refractivity contribution in [2.45, 2.75) is 6.92 Å². The normalized spacial score (nSPS) is 12.3. The minimum Gasteiger partial charge on any atom is -0.396 e. The van der Waals surface area contributed by atoms with Gasteiger partial charge in [0.25, 0.3) is 5.91 Å². The zero-order chi connectivity index (χ0) is 14.7. The van der Waals surface area contributed by atoms with Gasteiger partial charge in [-0.2, -0.15) is 0 Å². The van der Waals surface area contributed by atoms with E-state index < -0.39 is 17.3 Å². The van der Waals surface area contributed by atoms with Crippen molar-refractivity contribution in [3.05, 3.63) is 46.0 Å². The summed E-state index contributed by atoms with van der Waals surface area (Å²) in [4.78, 5) is 26.1. The Kier molecular flexibility index (Phi) is 4.14. The predicted molar refractivity (Wildman–Crippen MR) is 73.1 cm³/mol. The number of amides is 1. The van der Waals surface area contributed by atoms with Crippen molar-refractivity contribution < 1.29 is 14.3 Å². The summed E-state index contributed by atoms with van der Waals surface area (Å²) in [5, 5.41) is 12.0. The van der Waals surface area contributed by atoms with Crippen molar-refractivity contribution in [2.75, 3.05) is 13.2 Å². The summed E-state index contributed by atoms with van der Waals surface area (Å²) in [5.74, 6) is -0.989. The first-order valence-electron chi connectivity index (χ1n) is 6.23. The van der Waals surface area contributed by atoms with Gasteiger partial charge >= 0.3 is 0 Å². The minimum absolute atomic E-state index is 0.0401. The molecule has 0 fully saturated rings. The van der Waals surface area contributed by atoms with Gasteiger partial charge in [0.05, 0.1) is 11.1 Å². The fraction of sp³-hybridized carbons (Fsp3) is 0.286. The van der Waals surface area contributed by atoms with E-state index in [-0.39, 0.29) is 23.6 Å². The van der Waals surface area contributed by atoms with Crippen LogP contribution in [-0.4, -0.2) is 29.1 Å². The molecular weight excluding hydrogens is 263 g/mol. The van der Waals surface area contributed by atoms with Gasteiger partial charge in [-0.25, -0.2) is 4.39 Å². The average molecular weight is 278 g/mol. The van der Waals surface area contributed by atoms with E-state index in [1.54, 1.807) is 6.92 Å². The van der Waals surface area contributed by atoms with Crippen molar-refractivity contribution in [1.82, 2.24) is 10.3 Å². The Morgan fingerprint density at radius 3 is 2.90 bits per heavy atom. The monoisotopic (exact) mass is 278 g/mol. The number of hydrogen-bond donors (Lipinski definition) is 3. The molecular formula is C14H15FN2O3. The second kappa shape index (κ2) is 5.83. The molecule has 0 saturated heterocycles. The molecule has 1 aromatic carbocycles. The van der Waals surface area contributed by atoms with Gasteiger partial charge in [0.2, 0.25) is 5.56 Å². The molecule has 6 heteroatoms. The first-order chi connectivity index (χ1) is 9.51. The number of aromatic amines is 1. The van der Waals surface area contributed by atoms with Gasteiger partial charge in [-0.3, -0.25) is 9.59 Å². The number of pyridine rings is 1. The van der Waals surface area contributed by atoms with Crippen LogP contribution in [-0.2, 0) is 0 Å². The Morgan fingerprint density at radius 1 is 1.45 bits per heavy atom. The summed E-state index contributed by atoms with van der Waals surface area (Å²) in [6.45, 7) is 2.04. The lowest BCUT2D eigenvalue weighted by Gasteiger charge is -2.11. The van der Waals surface area contributed by atoms with Crippen LogP contribution in [0.5, 0.6) is 0 Å². The highest BCUT2D eigenvalue weighted by Gasteiger charge is 2.13. The van der Waals surface area contributed by atoms with Crippen LogP contribution in [0.4, 0.5) is 4.39 Å². The van der Waals surface area contributed by atoms with Crippen LogP contribution in [0.25, 0.3) is 10.9 Å². The Labute approximate surface area is 114 Å². The first-order valence-corrected chi connectivity index (χ1v) is 6.23. The largest absolute Gasteiger partial charge is 0.396 e. The van der Waals surface area contributed by atoms with E-state index in [2.05, 4.69) is 10.3 Å². The number of benzene rings is 1. The number of hydrogen-bond acceptors (Lipinski definition) is 3. The molecule has 2 rings (SSSR count). The number of aromatic nitrogens is 1. The van der Waals surface area contributed by atoms with Gasteiger partial charge in [0.1, 0.15) is 5.82 Å². The van der Waals surface area contributed by atoms with Gasteiger partial charge in [-0.1, -0.05) is 6.92 Å². The van der Waals surface area contributed by atoms with E-state index in [1.807, 2.05) is 0 Å². The highest BCUT2D eigenvalue weighted by atomic mass is 19.1. The number of carbonyl (C=O) groups excluding carboxylic acids is 1. The molecule has 0 aliphatic carbocycles. The lowest BCUT2D eigenvalue weighted by atomic mass is 10.1. The fourth-order valence-corrected chi connectivity index (χ4v) is 1.85. The number of fused-ring (bicyclic) bond motifs is 1. The van der Waals surface area contributed by atoms with E-state index in [9.17, 15) is 14.0 Å². The summed E-state index contributed by atoms with van der Waals surface area (Å²) in [5.41, 5.74) is -0.00444. The van der Waals surface area contributed by atoms with Crippen LogP contribution < -0.4 is 10.9 Å². The standard InChI is InChI=1S/C14H15FN2O3/c1-8(7-18)6-16-14(20)11-5-13(19)17-12-4-9(15)2-3-10(11)12/h2-5,8,18H,6-7H2,1H3,(H,16,20)(H,17,19). The van der Waals surface area contributed by atoms with Crippen molar-refractivity contribution in [3.63, 3.8) is 0 Å². The summed E-state index contributed by atoms with van der Waals surface area (Å²) in [6.07, 6.45) is 0. The zero-order valence-electron chi connectivity index (χ0n) is 10.9. The molecule has 1 aromatic heterocycles. The molecule has 1 amide bonds. The molecule has 20 heavy (non-hydrogen) atoms. The first kappa shape index (κ1) is 14.2. The number of rotatable bonds is 4. The molecule has 0 radical (unpaired) electrons. The predicted octanol–water partition coefficient (Wildman–Crippen LogP) is 1.03. The molecule has 1 atom stereocenters. The molecule has 0 spiro atoms. The molecule has 0 saturated carbocycles. The quantitative estimate of drug-likeness (QED) is 0.781. The molecule has 2 aromatic rings. The Morgan fingerprint density at radius 2 is 2.20 bits per heavy atom. The van der Waals surface area contributed by atoms with Crippen molar-refractivity contribution in [3.8, 4) is 0 Å². The third kappa shape index (κ3) is 3.03. The molecule has 3 N–H and O–H groups in total. The summed E-state index contributed by atoms with van der Waals surface area (Å²) in [7, 11) is 0. The third-order valence-corrected chi connectivity index (χ3v) is 2.97. The molecule has 106 valence electrons. The highest BCUT2D eigenvalue weighted by Crippen LogP contribution is 2.16. The van der Waals surface area contributed by atoms with E-state index >= 15 is 0 Å². The van der Waals surface area contributed by atoms with Gasteiger partial charge in [0.15, 0.2) is 0 Å². The molecule has 1 heterocycles. The number of carbonyl (C=O) groups is 1. The number of H-pyrrole nitrogens is 1. The second-order valence-corrected chi connectivity index (χ2v) is 4.73. The smallest absolute Gasteiger partial charge is 0.252 e. The summed E-state index contributed by atoms with van der Waals surface area (Å²) in [6, 6.07) is 5.03. The topological polar surface area (TPSA) is 82.2 Å². The van der Waals surface area contributed by atoms with Gasteiger partial charge < -0.3 is 15.4 Å². The number of halogens is 1. The van der Waals surface area contributed by atoms with Crippen LogP contribution in [0.3, 0.4) is 0 Å². The fourth-order valence-electron chi connectivity index (χ4n) is 1.85. The Hall–Kier alpha value is -2.21. The van der Waals surface area contributed by atoms with E-state index in [0.29, 0.717) is 11.9 Å². The van der Waals surface area contributed by atoms with Crippen LogP contribution >= 0.6 is 0 Å². The average Bonchev–Trinajstić information content (AvgIpc) is 2.42. The van der Waals surface area contributed by atoms with E-state index in [4.69, 9.17) is 5.11 Å². The maximum Gasteiger partial charge on any atom is 0.252 e. The van der Waals surface area contributed by atoms with Crippen LogP contribution in [0.15, 0.2) is 29.1 Å². The zero-order valence-corrected chi connectivity index (χ0v) is 10.9. The summed E-state index contributed by atoms with van der Waals surface area (Å²) >= 11 is 0. The SMILES string of the molecule is CC(CO)CNC(=O)c1cc(=O)[nH]c2cc(F)ccc12. The molecule has 0 aliphatic rings. The number of nitrogens with one attached hydrogen (secondary N) is 2. The summed E-state index contributed by atoms with van der Waals surface area (Å²) < 4.78 is 13.2. The van der Waals surface area contributed by atoms with E-state index in [1.165, 1.54) is 24.3 Å². The van der Waals surface area contributed by atoms with Crippen molar-refractivity contribution in [1.29, 1.82) is 0 Å². The van der Waals surface area contributed by atoms with Crippen LogP contribution in [0, 0.1) is 11.7 Å². The third-order valence-electron chi connectivity index (χ3n) is 2.97. The Balaban J connectivity index is 2.38. The number of aliphatic hydroxyl groups excluding tert-OH is 1. The van der Waals surface area contributed by atoms with Crippen molar-refractivity contribution >= 4 is 16.8 Å². The lowest BCUT2D eigenvalue weighted by molar-refractivity contribution is 0.0944.